The normalized spacial score (nSPS) is 22.2. The van der Waals surface area contributed by atoms with Gasteiger partial charge >= 0.3 is 0 Å². The molecule has 1 heterocycles. The fourth-order valence-electron chi connectivity index (χ4n) is 1.81. The first kappa shape index (κ1) is 12.9. The Bertz CT molecular complexity index is 145. The summed E-state index contributed by atoms with van der Waals surface area (Å²) in [4.78, 5) is 0. The summed E-state index contributed by atoms with van der Waals surface area (Å²) in [5, 5.41) is 3.49. The van der Waals surface area contributed by atoms with E-state index in [9.17, 15) is 0 Å². The van der Waals surface area contributed by atoms with E-state index in [4.69, 9.17) is 14.2 Å². The second-order valence-electron chi connectivity index (χ2n) is 3.91. The predicted molar refractivity (Wildman–Crippen MR) is 58.9 cm³/mol. The van der Waals surface area contributed by atoms with Crippen molar-refractivity contribution in [2.45, 2.75) is 38.0 Å². The summed E-state index contributed by atoms with van der Waals surface area (Å²) in [5.41, 5.74) is 0. The van der Waals surface area contributed by atoms with E-state index in [-0.39, 0.29) is 6.29 Å². The summed E-state index contributed by atoms with van der Waals surface area (Å²) in [5.74, 6) is 0. The van der Waals surface area contributed by atoms with Gasteiger partial charge in [0.1, 0.15) is 0 Å². The van der Waals surface area contributed by atoms with Crippen LogP contribution in [0.4, 0.5) is 0 Å². The van der Waals surface area contributed by atoms with Crippen LogP contribution in [0.3, 0.4) is 0 Å². The Labute approximate surface area is 92.3 Å². The minimum atomic E-state index is -0.232. The van der Waals surface area contributed by atoms with Crippen molar-refractivity contribution in [1.82, 2.24) is 5.32 Å². The topological polar surface area (TPSA) is 39.7 Å². The van der Waals surface area contributed by atoms with E-state index in [0.29, 0.717) is 12.6 Å². The Morgan fingerprint density at radius 3 is 2.67 bits per heavy atom. The van der Waals surface area contributed by atoms with Crippen LogP contribution in [0.2, 0.25) is 0 Å². The third-order valence-corrected chi connectivity index (χ3v) is 2.80. The molecule has 0 saturated carbocycles. The van der Waals surface area contributed by atoms with E-state index in [1.165, 1.54) is 19.3 Å². The lowest BCUT2D eigenvalue weighted by Gasteiger charge is -2.23. The molecule has 1 N–H and O–H groups in total. The number of methoxy groups -OCH3 is 2. The van der Waals surface area contributed by atoms with Crippen molar-refractivity contribution in [2.24, 2.45) is 0 Å². The van der Waals surface area contributed by atoms with Crippen molar-refractivity contribution in [3.05, 3.63) is 0 Å². The monoisotopic (exact) mass is 217 g/mol. The second-order valence-corrected chi connectivity index (χ2v) is 3.91. The smallest absolute Gasteiger partial charge is 0.180 e. The Kier molecular flexibility index (Phi) is 6.92. The molecule has 4 nitrogen and oxygen atoms in total. The first-order chi connectivity index (χ1) is 7.36. The minimum Gasteiger partial charge on any atom is -0.376 e. The van der Waals surface area contributed by atoms with Gasteiger partial charge in [-0.1, -0.05) is 6.42 Å². The van der Waals surface area contributed by atoms with E-state index < -0.39 is 0 Å². The Morgan fingerprint density at radius 1 is 1.27 bits per heavy atom. The van der Waals surface area contributed by atoms with Gasteiger partial charge in [0.05, 0.1) is 6.61 Å². The van der Waals surface area contributed by atoms with Crippen molar-refractivity contribution in [3.63, 3.8) is 0 Å². The highest BCUT2D eigenvalue weighted by atomic mass is 16.7. The maximum Gasteiger partial charge on any atom is 0.180 e. The zero-order valence-corrected chi connectivity index (χ0v) is 9.83. The molecule has 1 aliphatic rings. The van der Waals surface area contributed by atoms with Crippen LogP contribution >= 0.6 is 0 Å². The summed E-state index contributed by atoms with van der Waals surface area (Å²) in [7, 11) is 3.25. The summed E-state index contributed by atoms with van der Waals surface area (Å²) in [6.45, 7) is 2.45. The van der Waals surface area contributed by atoms with Crippen LogP contribution in [0.25, 0.3) is 0 Å². The molecule has 1 rings (SSSR count). The van der Waals surface area contributed by atoms with Crippen LogP contribution in [0.5, 0.6) is 0 Å². The molecule has 1 atom stereocenters. The average Bonchev–Trinajstić information content (AvgIpc) is 2.31. The van der Waals surface area contributed by atoms with Gasteiger partial charge in [0, 0.05) is 26.9 Å². The zero-order valence-electron chi connectivity index (χ0n) is 9.83. The molecule has 0 spiro atoms. The quantitative estimate of drug-likeness (QED) is 0.513. The van der Waals surface area contributed by atoms with E-state index >= 15 is 0 Å². The van der Waals surface area contributed by atoms with Crippen molar-refractivity contribution in [3.8, 4) is 0 Å². The first-order valence-corrected chi connectivity index (χ1v) is 5.73. The lowest BCUT2D eigenvalue weighted by molar-refractivity contribution is -0.140. The maximum absolute atomic E-state index is 5.49. The average molecular weight is 217 g/mol. The number of hydrogen-bond donors (Lipinski definition) is 1. The highest BCUT2D eigenvalue weighted by Gasteiger charge is 2.12. The van der Waals surface area contributed by atoms with Crippen molar-refractivity contribution in [1.29, 1.82) is 0 Å². The molecule has 0 aromatic rings. The van der Waals surface area contributed by atoms with Crippen LogP contribution in [-0.2, 0) is 14.2 Å². The second kappa shape index (κ2) is 8.05. The largest absolute Gasteiger partial charge is 0.376 e. The number of ether oxygens (including phenoxy) is 3. The van der Waals surface area contributed by atoms with E-state index in [0.717, 1.165) is 19.6 Å². The van der Waals surface area contributed by atoms with Crippen LogP contribution in [0.15, 0.2) is 0 Å². The van der Waals surface area contributed by atoms with E-state index in [1.807, 2.05) is 0 Å². The van der Waals surface area contributed by atoms with Gasteiger partial charge in [0.2, 0.25) is 0 Å². The van der Waals surface area contributed by atoms with Crippen LogP contribution < -0.4 is 5.32 Å². The molecule has 0 amide bonds. The standard InChI is InChI=1S/C11H23NO3/c1-13-11(14-2)9-15-8-6-10-5-3-4-7-12-10/h10-12H,3-9H2,1-2H3. The van der Waals surface area contributed by atoms with Gasteiger partial charge in [-0.2, -0.15) is 0 Å². The molecule has 15 heavy (non-hydrogen) atoms. The van der Waals surface area contributed by atoms with Gasteiger partial charge in [0.15, 0.2) is 6.29 Å². The minimum absolute atomic E-state index is 0.232. The van der Waals surface area contributed by atoms with Gasteiger partial charge in [-0.3, -0.25) is 0 Å². The molecule has 4 heteroatoms. The fraction of sp³-hybridized carbons (Fsp3) is 1.00. The summed E-state index contributed by atoms with van der Waals surface area (Å²) < 4.78 is 15.5. The van der Waals surface area contributed by atoms with Crippen LogP contribution in [-0.4, -0.2) is 46.3 Å². The van der Waals surface area contributed by atoms with Gasteiger partial charge in [-0.15, -0.1) is 0 Å². The Hall–Kier alpha value is -0.160. The van der Waals surface area contributed by atoms with E-state index in [1.54, 1.807) is 14.2 Å². The number of rotatable bonds is 7. The lowest BCUT2D eigenvalue weighted by atomic mass is 10.0. The predicted octanol–water partition coefficient (Wildman–Crippen LogP) is 1.15. The number of piperidine rings is 1. The maximum atomic E-state index is 5.49. The van der Waals surface area contributed by atoms with Crippen LogP contribution in [0, 0.1) is 0 Å². The van der Waals surface area contributed by atoms with Crippen molar-refractivity contribution >= 4 is 0 Å². The van der Waals surface area contributed by atoms with Gasteiger partial charge in [0.25, 0.3) is 0 Å². The van der Waals surface area contributed by atoms with Crippen molar-refractivity contribution < 1.29 is 14.2 Å². The molecule has 1 fully saturated rings. The zero-order chi connectivity index (χ0) is 10.9. The summed E-state index contributed by atoms with van der Waals surface area (Å²) >= 11 is 0. The molecule has 0 aliphatic carbocycles. The molecule has 90 valence electrons. The fourth-order valence-corrected chi connectivity index (χ4v) is 1.81. The number of nitrogens with one attached hydrogen (secondary N) is 1. The highest BCUT2D eigenvalue weighted by molar-refractivity contribution is 4.71. The third kappa shape index (κ3) is 5.47. The highest BCUT2D eigenvalue weighted by Crippen LogP contribution is 2.09. The summed E-state index contributed by atoms with van der Waals surface area (Å²) in [6.07, 6.45) is 4.79. The summed E-state index contributed by atoms with van der Waals surface area (Å²) in [6, 6.07) is 0.641. The van der Waals surface area contributed by atoms with Crippen molar-refractivity contribution in [2.75, 3.05) is 34.0 Å². The molecule has 0 aromatic heterocycles. The molecule has 0 aromatic carbocycles. The Balaban J connectivity index is 1.95. The molecule has 0 radical (unpaired) electrons. The van der Waals surface area contributed by atoms with Crippen LogP contribution in [0.1, 0.15) is 25.7 Å². The molecule has 0 bridgehead atoms. The third-order valence-electron chi connectivity index (χ3n) is 2.80. The Morgan fingerprint density at radius 2 is 2.07 bits per heavy atom. The molecular weight excluding hydrogens is 194 g/mol. The molecule has 1 saturated heterocycles. The molecule has 1 unspecified atom stereocenters. The van der Waals surface area contributed by atoms with Gasteiger partial charge in [-0.25, -0.2) is 0 Å². The first-order valence-electron chi connectivity index (χ1n) is 5.73. The van der Waals surface area contributed by atoms with E-state index in [2.05, 4.69) is 5.32 Å². The molecular formula is C11H23NO3. The van der Waals surface area contributed by atoms with Gasteiger partial charge in [-0.05, 0) is 25.8 Å². The molecule has 1 aliphatic heterocycles. The van der Waals surface area contributed by atoms with Gasteiger partial charge < -0.3 is 19.5 Å². The number of hydrogen-bond acceptors (Lipinski definition) is 4. The lowest BCUT2D eigenvalue weighted by Crippen LogP contribution is -2.35. The SMILES string of the molecule is COC(COCCC1CCCCN1)OC.